The lowest BCUT2D eigenvalue weighted by molar-refractivity contribution is -0.102. The summed E-state index contributed by atoms with van der Waals surface area (Å²) in [4.78, 5) is 0. The van der Waals surface area contributed by atoms with E-state index >= 15 is 0 Å². The van der Waals surface area contributed by atoms with E-state index in [0.717, 1.165) is 11.3 Å². The third-order valence-corrected chi connectivity index (χ3v) is 2.58. The van der Waals surface area contributed by atoms with Crippen LogP contribution in [0, 0.1) is 0 Å². The highest BCUT2D eigenvalue weighted by Crippen LogP contribution is 2.14. The largest absolute Gasteiger partial charge is 0.497 e. The minimum Gasteiger partial charge on any atom is -0.497 e. The van der Waals surface area contributed by atoms with Crippen LogP contribution in [0.15, 0.2) is 24.3 Å². The molecule has 5 heteroatoms. The van der Waals surface area contributed by atoms with Crippen molar-refractivity contribution in [2.45, 2.75) is 19.0 Å². The van der Waals surface area contributed by atoms with E-state index in [1.54, 1.807) is 7.11 Å². The molecule has 0 amide bonds. The van der Waals surface area contributed by atoms with Crippen LogP contribution in [0.5, 0.6) is 5.75 Å². The first-order chi connectivity index (χ1) is 8.69. The van der Waals surface area contributed by atoms with E-state index in [4.69, 9.17) is 14.2 Å². The van der Waals surface area contributed by atoms with Crippen LogP contribution in [-0.4, -0.2) is 40.5 Å². The van der Waals surface area contributed by atoms with Gasteiger partial charge in [-0.05, 0) is 17.7 Å². The van der Waals surface area contributed by atoms with Crippen LogP contribution >= 0.6 is 0 Å². The molecule has 1 atom stereocenters. The number of benzene rings is 1. The SMILES string of the molecule is COc1cccc(CC(F)NCC(OC)OC)c1. The first-order valence-electron chi connectivity index (χ1n) is 5.75. The Morgan fingerprint density at radius 2 is 1.94 bits per heavy atom. The molecule has 0 heterocycles. The van der Waals surface area contributed by atoms with E-state index in [2.05, 4.69) is 5.32 Å². The molecule has 0 spiro atoms. The lowest BCUT2D eigenvalue weighted by Gasteiger charge is -2.16. The molecule has 0 aliphatic rings. The summed E-state index contributed by atoms with van der Waals surface area (Å²) in [6.07, 6.45) is -1.31. The van der Waals surface area contributed by atoms with Gasteiger partial charge >= 0.3 is 0 Å². The molecular weight excluding hydrogens is 237 g/mol. The molecule has 0 bridgehead atoms. The number of methoxy groups -OCH3 is 3. The van der Waals surface area contributed by atoms with Crippen LogP contribution in [0.25, 0.3) is 0 Å². The van der Waals surface area contributed by atoms with Gasteiger partial charge < -0.3 is 14.2 Å². The summed E-state index contributed by atoms with van der Waals surface area (Å²) in [6, 6.07) is 7.35. The second kappa shape index (κ2) is 8.02. The van der Waals surface area contributed by atoms with Crippen molar-refractivity contribution in [1.82, 2.24) is 5.32 Å². The van der Waals surface area contributed by atoms with Crippen molar-refractivity contribution in [2.24, 2.45) is 0 Å². The number of hydrogen-bond donors (Lipinski definition) is 1. The fourth-order valence-electron chi connectivity index (χ4n) is 1.57. The van der Waals surface area contributed by atoms with Gasteiger partial charge in [0, 0.05) is 27.2 Å². The lowest BCUT2D eigenvalue weighted by atomic mass is 10.1. The standard InChI is InChI=1S/C13H20FNO3/c1-16-11-6-4-5-10(7-11)8-12(14)15-9-13(17-2)18-3/h4-7,12-13,15H,8-9H2,1-3H3. The number of alkyl halides is 1. The zero-order chi connectivity index (χ0) is 13.4. The molecule has 0 aromatic heterocycles. The minimum atomic E-state index is -1.15. The normalized spacial score (nSPS) is 12.7. The van der Waals surface area contributed by atoms with Gasteiger partial charge in [0.25, 0.3) is 0 Å². The molecular formula is C13H20FNO3. The Morgan fingerprint density at radius 1 is 1.22 bits per heavy atom. The molecule has 18 heavy (non-hydrogen) atoms. The van der Waals surface area contributed by atoms with Crippen molar-refractivity contribution in [3.05, 3.63) is 29.8 Å². The van der Waals surface area contributed by atoms with Crippen molar-refractivity contribution in [2.75, 3.05) is 27.9 Å². The van der Waals surface area contributed by atoms with Crippen molar-refractivity contribution >= 4 is 0 Å². The maximum absolute atomic E-state index is 13.7. The summed E-state index contributed by atoms with van der Waals surface area (Å²) < 4.78 is 28.7. The Labute approximate surface area is 107 Å². The van der Waals surface area contributed by atoms with Gasteiger partial charge in [0.2, 0.25) is 0 Å². The fourth-order valence-corrected chi connectivity index (χ4v) is 1.57. The van der Waals surface area contributed by atoms with Gasteiger partial charge in [0.1, 0.15) is 5.75 Å². The highest BCUT2D eigenvalue weighted by Gasteiger charge is 2.11. The lowest BCUT2D eigenvalue weighted by Crippen LogP contribution is -2.35. The molecule has 0 saturated carbocycles. The van der Waals surface area contributed by atoms with Gasteiger partial charge in [0.05, 0.1) is 7.11 Å². The van der Waals surface area contributed by atoms with Gasteiger partial charge in [-0.1, -0.05) is 12.1 Å². The van der Waals surface area contributed by atoms with Crippen LogP contribution < -0.4 is 10.1 Å². The highest BCUT2D eigenvalue weighted by molar-refractivity contribution is 5.28. The Bertz CT molecular complexity index is 345. The summed E-state index contributed by atoms with van der Waals surface area (Å²) in [5, 5.41) is 2.71. The summed E-state index contributed by atoms with van der Waals surface area (Å²) in [7, 11) is 4.63. The van der Waals surface area contributed by atoms with E-state index in [-0.39, 0.29) is 6.42 Å². The molecule has 4 nitrogen and oxygen atoms in total. The number of rotatable bonds is 8. The van der Waals surface area contributed by atoms with E-state index < -0.39 is 12.6 Å². The fraction of sp³-hybridized carbons (Fsp3) is 0.538. The van der Waals surface area contributed by atoms with Gasteiger partial charge in [-0.25, -0.2) is 4.39 Å². The molecule has 1 rings (SSSR count). The summed E-state index contributed by atoms with van der Waals surface area (Å²) >= 11 is 0. The Morgan fingerprint density at radius 3 is 2.56 bits per heavy atom. The van der Waals surface area contributed by atoms with Crippen molar-refractivity contribution < 1.29 is 18.6 Å². The Balaban J connectivity index is 2.41. The monoisotopic (exact) mass is 257 g/mol. The van der Waals surface area contributed by atoms with Crippen LogP contribution in [-0.2, 0) is 15.9 Å². The molecule has 1 aromatic carbocycles. The predicted molar refractivity (Wildman–Crippen MR) is 67.4 cm³/mol. The van der Waals surface area contributed by atoms with Crippen molar-refractivity contribution in [3.63, 3.8) is 0 Å². The van der Waals surface area contributed by atoms with E-state index in [1.807, 2.05) is 24.3 Å². The third kappa shape index (κ3) is 5.00. The Hall–Kier alpha value is -1.17. The molecule has 0 fully saturated rings. The second-order valence-corrected chi connectivity index (χ2v) is 3.83. The first kappa shape index (κ1) is 14.9. The van der Waals surface area contributed by atoms with Gasteiger partial charge in [-0.3, -0.25) is 5.32 Å². The molecule has 102 valence electrons. The maximum atomic E-state index is 13.7. The average molecular weight is 257 g/mol. The molecule has 0 radical (unpaired) electrons. The number of hydrogen-bond acceptors (Lipinski definition) is 4. The average Bonchev–Trinajstić information content (AvgIpc) is 2.40. The zero-order valence-electron chi connectivity index (χ0n) is 11.0. The molecule has 1 aromatic rings. The summed E-state index contributed by atoms with van der Waals surface area (Å²) in [5.74, 6) is 0.728. The third-order valence-electron chi connectivity index (χ3n) is 2.58. The molecule has 0 saturated heterocycles. The van der Waals surface area contributed by atoms with Crippen molar-refractivity contribution in [3.8, 4) is 5.75 Å². The van der Waals surface area contributed by atoms with Gasteiger partial charge in [-0.15, -0.1) is 0 Å². The summed E-state index contributed by atoms with van der Waals surface area (Å²) in [5.41, 5.74) is 0.876. The number of ether oxygens (including phenoxy) is 3. The summed E-state index contributed by atoms with van der Waals surface area (Å²) in [6.45, 7) is 0.304. The number of nitrogens with one attached hydrogen (secondary N) is 1. The van der Waals surface area contributed by atoms with Crippen LogP contribution in [0.4, 0.5) is 4.39 Å². The van der Waals surface area contributed by atoms with Gasteiger partial charge in [-0.2, -0.15) is 0 Å². The van der Waals surface area contributed by atoms with E-state index in [9.17, 15) is 4.39 Å². The maximum Gasteiger partial charge on any atom is 0.169 e. The topological polar surface area (TPSA) is 39.7 Å². The molecule has 1 unspecified atom stereocenters. The smallest absolute Gasteiger partial charge is 0.169 e. The zero-order valence-corrected chi connectivity index (χ0v) is 11.0. The Kier molecular flexibility index (Phi) is 6.64. The van der Waals surface area contributed by atoms with Gasteiger partial charge in [0.15, 0.2) is 12.6 Å². The van der Waals surface area contributed by atoms with E-state index in [0.29, 0.717) is 6.54 Å². The van der Waals surface area contributed by atoms with E-state index in [1.165, 1.54) is 14.2 Å². The van der Waals surface area contributed by atoms with Crippen molar-refractivity contribution in [1.29, 1.82) is 0 Å². The second-order valence-electron chi connectivity index (χ2n) is 3.83. The molecule has 1 N–H and O–H groups in total. The molecule has 0 aliphatic carbocycles. The minimum absolute atomic E-state index is 0.275. The van der Waals surface area contributed by atoms with Crippen LogP contribution in [0.1, 0.15) is 5.56 Å². The quantitative estimate of drug-likeness (QED) is 0.569. The highest BCUT2D eigenvalue weighted by atomic mass is 19.1. The van der Waals surface area contributed by atoms with Crippen LogP contribution in [0.2, 0.25) is 0 Å². The van der Waals surface area contributed by atoms with Crippen LogP contribution in [0.3, 0.4) is 0 Å². The number of halogens is 1. The predicted octanol–water partition coefficient (Wildman–Crippen LogP) is 1.74. The molecule has 0 aliphatic heterocycles. The first-order valence-corrected chi connectivity index (χ1v) is 5.75.